The standard InChI is InChI=1S/C24H25N5O2S/c1-14-3-6-19(13-25-14)24-29-28-23(31-24)17-7-4-16(5-8-17)12-26-22(30)18-9-10-20-21(11-18)32-15(2)27-20/h3,6,9-11,13,16-17H,4-5,7-8,12H2,1-2H3,(H,26,30). The second-order valence-corrected chi connectivity index (χ2v) is 9.71. The van der Waals surface area contributed by atoms with Crippen LogP contribution in [-0.2, 0) is 0 Å². The Hall–Kier alpha value is -3.13. The normalized spacial score (nSPS) is 18.7. The second kappa shape index (κ2) is 8.78. The summed E-state index contributed by atoms with van der Waals surface area (Å²) in [5.41, 5.74) is 3.44. The molecule has 0 radical (unpaired) electrons. The summed E-state index contributed by atoms with van der Waals surface area (Å²) in [6.45, 7) is 4.62. The van der Waals surface area contributed by atoms with Crippen molar-refractivity contribution in [3.63, 3.8) is 0 Å². The van der Waals surface area contributed by atoms with Gasteiger partial charge in [0.1, 0.15) is 0 Å². The fraction of sp³-hybridized carbons (Fsp3) is 0.375. The molecule has 7 nitrogen and oxygen atoms in total. The van der Waals surface area contributed by atoms with Crippen molar-refractivity contribution in [1.29, 1.82) is 0 Å². The molecule has 4 aromatic rings. The number of rotatable bonds is 5. The van der Waals surface area contributed by atoms with Crippen molar-refractivity contribution in [1.82, 2.24) is 25.5 Å². The van der Waals surface area contributed by atoms with E-state index in [1.54, 1.807) is 17.5 Å². The third kappa shape index (κ3) is 4.41. The summed E-state index contributed by atoms with van der Waals surface area (Å²) >= 11 is 1.61. The summed E-state index contributed by atoms with van der Waals surface area (Å²) in [7, 11) is 0. The van der Waals surface area contributed by atoms with Crippen LogP contribution in [0.1, 0.15) is 58.6 Å². The van der Waals surface area contributed by atoms with Gasteiger partial charge in [0.05, 0.1) is 20.8 Å². The fourth-order valence-corrected chi connectivity index (χ4v) is 5.11. The Balaban J connectivity index is 1.14. The second-order valence-electron chi connectivity index (χ2n) is 8.48. The SMILES string of the molecule is Cc1ccc(-c2nnc(C3CCC(CNC(=O)c4ccc5nc(C)sc5c4)CC3)o2)cn1. The van der Waals surface area contributed by atoms with E-state index in [1.807, 2.05) is 44.2 Å². The van der Waals surface area contributed by atoms with Crippen LogP contribution < -0.4 is 5.32 Å². The van der Waals surface area contributed by atoms with Gasteiger partial charge in [-0.3, -0.25) is 9.78 Å². The van der Waals surface area contributed by atoms with Crippen LogP contribution in [0.4, 0.5) is 0 Å². The largest absolute Gasteiger partial charge is 0.420 e. The lowest BCUT2D eigenvalue weighted by Gasteiger charge is -2.26. The number of aromatic nitrogens is 4. The van der Waals surface area contributed by atoms with Crippen molar-refractivity contribution >= 4 is 27.5 Å². The maximum absolute atomic E-state index is 12.6. The molecule has 1 aliphatic rings. The number of carbonyl (C=O) groups excluding carboxylic acids is 1. The van der Waals surface area contributed by atoms with Gasteiger partial charge in [0.15, 0.2) is 0 Å². The summed E-state index contributed by atoms with van der Waals surface area (Å²) in [6, 6.07) is 9.60. The van der Waals surface area contributed by atoms with E-state index in [4.69, 9.17) is 4.42 Å². The third-order valence-electron chi connectivity index (χ3n) is 6.10. The quantitative estimate of drug-likeness (QED) is 0.459. The van der Waals surface area contributed by atoms with Gasteiger partial charge in [-0.1, -0.05) is 0 Å². The van der Waals surface area contributed by atoms with E-state index in [0.29, 0.717) is 29.8 Å². The number of aryl methyl sites for hydroxylation is 2. The molecule has 32 heavy (non-hydrogen) atoms. The summed E-state index contributed by atoms with van der Waals surface area (Å²) in [5.74, 6) is 1.95. The number of fused-ring (bicyclic) bond motifs is 1. The summed E-state index contributed by atoms with van der Waals surface area (Å²) in [4.78, 5) is 21.4. The number of thiazole rings is 1. The van der Waals surface area contributed by atoms with Crippen LogP contribution in [0, 0.1) is 19.8 Å². The Morgan fingerprint density at radius 1 is 1.12 bits per heavy atom. The molecule has 1 N–H and O–H groups in total. The van der Waals surface area contributed by atoms with Crippen molar-refractivity contribution in [2.75, 3.05) is 6.54 Å². The molecule has 3 aromatic heterocycles. The summed E-state index contributed by atoms with van der Waals surface area (Å²) in [6.07, 6.45) is 5.80. The van der Waals surface area contributed by atoms with Crippen LogP contribution in [0.2, 0.25) is 0 Å². The van der Waals surface area contributed by atoms with Crippen LogP contribution in [0.25, 0.3) is 21.7 Å². The molecule has 8 heteroatoms. The number of hydrogen-bond donors (Lipinski definition) is 1. The molecular weight excluding hydrogens is 422 g/mol. The number of benzene rings is 1. The molecular formula is C24H25N5O2S. The van der Waals surface area contributed by atoms with Gasteiger partial charge in [-0.25, -0.2) is 4.98 Å². The van der Waals surface area contributed by atoms with Crippen LogP contribution >= 0.6 is 11.3 Å². The van der Waals surface area contributed by atoms with Crippen molar-refractivity contribution in [3.8, 4) is 11.5 Å². The molecule has 0 atom stereocenters. The molecule has 164 valence electrons. The zero-order chi connectivity index (χ0) is 22.1. The molecule has 0 aliphatic heterocycles. The maximum Gasteiger partial charge on any atom is 0.251 e. The molecule has 1 aromatic carbocycles. The summed E-state index contributed by atoms with van der Waals surface area (Å²) in [5, 5.41) is 12.6. The molecule has 1 aliphatic carbocycles. The highest BCUT2D eigenvalue weighted by molar-refractivity contribution is 7.18. The zero-order valence-corrected chi connectivity index (χ0v) is 19.0. The van der Waals surface area contributed by atoms with Crippen LogP contribution in [0.3, 0.4) is 0 Å². The fourth-order valence-electron chi connectivity index (χ4n) is 4.24. The number of amides is 1. The van der Waals surface area contributed by atoms with E-state index in [9.17, 15) is 4.79 Å². The molecule has 3 heterocycles. The number of nitrogens with one attached hydrogen (secondary N) is 1. The van der Waals surface area contributed by atoms with Gasteiger partial charge in [0, 0.05) is 29.9 Å². The molecule has 0 unspecified atom stereocenters. The molecule has 0 bridgehead atoms. The first-order valence-corrected chi connectivity index (χ1v) is 11.8. The van der Waals surface area contributed by atoms with Crippen LogP contribution in [0.15, 0.2) is 40.9 Å². The van der Waals surface area contributed by atoms with Gasteiger partial charge in [-0.05, 0) is 75.8 Å². The number of hydrogen-bond acceptors (Lipinski definition) is 7. The average Bonchev–Trinajstić information content (AvgIpc) is 3.44. The van der Waals surface area contributed by atoms with Gasteiger partial charge in [0.2, 0.25) is 11.8 Å². The first-order valence-electron chi connectivity index (χ1n) is 11.0. The number of carbonyl (C=O) groups is 1. The molecule has 1 amide bonds. The van der Waals surface area contributed by atoms with Gasteiger partial charge >= 0.3 is 0 Å². The first kappa shape index (κ1) is 20.8. The van der Waals surface area contributed by atoms with Gasteiger partial charge < -0.3 is 9.73 Å². The van der Waals surface area contributed by atoms with Crippen molar-refractivity contribution in [2.24, 2.45) is 5.92 Å². The lowest BCUT2D eigenvalue weighted by atomic mass is 9.82. The highest BCUT2D eigenvalue weighted by Crippen LogP contribution is 2.36. The smallest absolute Gasteiger partial charge is 0.251 e. The molecule has 0 saturated heterocycles. The number of pyridine rings is 1. The maximum atomic E-state index is 12.6. The molecule has 1 saturated carbocycles. The minimum Gasteiger partial charge on any atom is -0.420 e. The van der Waals surface area contributed by atoms with E-state index >= 15 is 0 Å². The molecule has 5 rings (SSSR count). The summed E-state index contributed by atoms with van der Waals surface area (Å²) < 4.78 is 6.99. The van der Waals surface area contributed by atoms with E-state index in [0.717, 1.165) is 52.2 Å². The average molecular weight is 448 g/mol. The van der Waals surface area contributed by atoms with Crippen LogP contribution in [-0.4, -0.2) is 32.6 Å². The molecule has 1 fully saturated rings. The van der Waals surface area contributed by atoms with Crippen molar-refractivity contribution in [3.05, 3.63) is 58.7 Å². The number of nitrogens with zero attached hydrogens (tertiary/aromatic N) is 4. The Kier molecular flexibility index (Phi) is 5.70. The van der Waals surface area contributed by atoms with Gasteiger partial charge in [0.25, 0.3) is 5.91 Å². The first-order chi connectivity index (χ1) is 15.5. The van der Waals surface area contributed by atoms with E-state index in [1.165, 1.54) is 0 Å². The van der Waals surface area contributed by atoms with Gasteiger partial charge in [-0.15, -0.1) is 21.5 Å². The highest BCUT2D eigenvalue weighted by Gasteiger charge is 2.27. The predicted octanol–water partition coefficient (Wildman–Crippen LogP) is 5.06. The zero-order valence-electron chi connectivity index (χ0n) is 18.2. The topological polar surface area (TPSA) is 93.8 Å². The van der Waals surface area contributed by atoms with E-state index in [2.05, 4.69) is 25.5 Å². The Bertz CT molecular complexity index is 1240. The Morgan fingerprint density at radius 3 is 2.75 bits per heavy atom. The van der Waals surface area contributed by atoms with Gasteiger partial charge in [-0.2, -0.15) is 0 Å². The predicted molar refractivity (Wildman–Crippen MR) is 124 cm³/mol. The monoisotopic (exact) mass is 447 g/mol. The van der Waals surface area contributed by atoms with E-state index in [-0.39, 0.29) is 11.8 Å². The van der Waals surface area contributed by atoms with Crippen molar-refractivity contribution < 1.29 is 9.21 Å². The minimum absolute atomic E-state index is 0.0201. The highest BCUT2D eigenvalue weighted by atomic mass is 32.1. The molecule has 0 spiro atoms. The lowest BCUT2D eigenvalue weighted by molar-refractivity contribution is 0.0942. The van der Waals surface area contributed by atoms with Crippen LogP contribution in [0.5, 0.6) is 0 Å². The van der Waals surface area contributed by atoms with Crippen molar-refractivity contribution in [2.45, 2.75) is 45.4 Å². The third-order valence-corrected chi connectivity index (χ3v) is 7.04. The Morgan fingerprint density at radius 2 is 1.97 bits per heavy atom. The Labute approximate surface area is 190 Å². The lowest BCUT2D eigenvalue weighted by Crippen LogP contribution is -2.31. The minimum atomic E-state index is -0.0201. The van der Waals surface area contributed by atoms with E-state index < -0.39 is 0 Å².